The quantitative estimate of drug-likeness (QED) is 0.456. The number of hydrogen-bond donors (Lipinski definition) is 4. The normalized spacial score (nSPS) is 15.6. The van der Waals surface area contributed by atoms with Crippen LogP contribution in [0, 0.1) is 0 Å². The maximum absolute atomic E-state index is 12.6. The van der Waals surface area contributed by atoms with Crippen LogP contribution >= 0.6 is 0 Å². The molecular weight excluding hydrogens is 410 g/mol. The largest absolute Gasteiger partial charge is 0.450 e. The molecule has 1 heterocycles. The zero-order valence-electron chi connectivity index (χ0n) is 19.4. The zero-order valence-corrected chi connectivity index (χ0v) is 19.4. The number of benzene rings is 1. The number of para-hydroxylation sites is 1. The van der Waals surface area contributed by atoms with Crippen molar-refractivity contribution < 1.29 is 19.1 Å². The first-order valence-electron chi connectivity index (χ1n) is 11.3. The number of hydrogen-bond acceptors (Lipinski definition) is 5. The van der Waals surface area contributed by atoms with Gasteiger partial charge in [0.25, 0.3) is 0 Å². The number of ether oxygens (including phenoxy) is 1. The summed E-state index contributed by atoms with van der Waals surface area (Å²) in [4.78, 5) is 38.1. The maximum atomic E-state index is 12.6. The number of nitrogens with zero attached hydrogens (tertiary/aromatic N) is 1. The van der Waals surface area contributed by atoms with Crippen LogP contribution in [0.3, 0.4) is 0 Å². The van der Waals surface area contributed by atoms with E-state index in [2.05, 4.69) is 16.0 Å². The Hall–Kier alpha value is -2.81. The van der Waals surface area contributed by atoms with Gasteiger partial charge in [0, 0.05) is 30.4 Å². The van der Waals surface area contributed by atoms with Crippen LogP contribution in [-0.2, 0) is 9.53 Å². The average molecular weight is 448 g/mol. The standard InChI is InChI=1S/C23H37N5O4/c1-23(2,3)27-22(31)32-16-8-7-11-19(24)20(29)28-14-12-18(13-15-28)26-21(30)25-17-9-5-4-6-10-17/h4-6,9-10,18-19H,7-8,11-16,24H2,1-3H3,(H,27,31)(H2,25,26,30)/t19-/m1/s1. The summed E-state index contributed by atoms with van der Waals surface area (Å²) in [5, 5.41) is 8.50. The molecule has 32 heavy (non-hydrogen) atoms. The number of unbranched alkanes of at least 4 members (excludes halogenated alkanes) is 1. The summed E-state index contributed by atoms with van der Waals surface area (Å²) in [5.41, 5.74) is 6.49. The monoisotopic (exact) mass is 447 g/mol. The van der Waals surface area contributed by atoms with Gasteiger partial charge in [-0.05, 0) is 65.0 Å². The molecule has 0 aromatic heterocycles. The summed E-state index contributed by atoms with van der Waals surface area (Å²) in [5.74, 6) is -0.0661. The lowest BCUT2D eigenvalue weighted by molar-refractivity contribution is -0.133. The molecule has 9 heteroatoms. The van der Waals surface area contributed by atoms with Gasteiger partial charge < -0.3 is 31.3 Å². The molecule has 1 aromatic rings. The smallest absolute Gasteiger partial charge is 0.407 e. The van der Waals surface area contributed by atoms with Crippen LogP contribution in [0.25, 0.3) is 0 Å². The predicted molar refractivity (Wildman–Crippen MR) is 124 cm³/mol. The Morgan fingerprint density at radius 3 is 2.41 bits per heavy atom. The molecule has 0 aliphatic carbocycles. The lowest BCUT2D eigenvalue weighted by Gasteiger charge is -2.33. The first-order valence-corrected chi connectivity index (χ1v) is 11.3. The fourth-order valence-corrected chi connectivity index (χ4v) is 3.45. The molecule has 2 rings (SSSR count). The molecule has 1 saturated heterocycles. The zero-order chi connectivity index (χ0) is 23.6. The summed E-state index contributed by atoms with van der Waals surface area (Å²) < 4.78 is 5.13. The average Bonchev–Trinajstić information content (AvgIpc) is 2.72. The maximum Gasteiger partial charge on any atom is 0.407 e. The SMILES string of the molecule is CC(C)(C)NC(=O)OCCCC[C@@H](N)C(=O)N1CCC(NC(=O)Nc2ccccc2)CC1. The second-order valence-electron chi connectivity index (χ2n) is 9.18. The van der Waals surface area contributed by atoms with Gasteiger partial charge in [0.1, 0.15) is 0 Å². The van der Waals surface area contributed by atoms with Gasteiger partial charge in [0.05, 0.1) is 12.6 Å². The van der Waals surface area contributed by atoms with Crippen molar-refractivity contribution in [2.45, 2.75) is 70.5 Å². The number of urea groups is 1. The minimum absolute atomic E-state index is 0.0235. The number of carbonyl (C=O) groups is 3. The molecule has 1 aliphatic rings. The molecule has 5 N–H and O–H groups in total. The second kappa shape index (κ2) is 12.3. The van der Waals surface area contributed by atoms with Crippen LogP contribution in [0.2, 0.25) is 0 Å². The summed E-state index contributed by atoms with van der Waals surface area (Å²) in [7, 11) is 0. The minimum Gasteiger partial charge on any atom is -0.450 e. The lowest BCUT2D eigenvalue weighted by atomic mass is 10.0. The molecule has 9 nitrogen and oxygen atoms in total. The van der Waals surface area contributed by atoms with E-state index in [4.69, 9.17) is 10.5 Å². The molecule has 178 valence electrons. The van der Waals surface area contributed by atoms with Crippen molar-refractivity contribution >= 4 is 23.7 Å². The summed E-state index contributed by atoms with van der Waals surface area (Å²) in [6.45, 7) is 7.09. The van der Waals surface area contributed by atoms with Crippen LogP contribution in [0.15, 0.2) is 30.3 Å². The van der Waals surface area contributed by atoms with Crippen LogP contribution in [0.5, 0.6) is 0 Å². The second-order valence-corrected chi connectivity index (χ2v) is 9.18. The van der Waals surface area contributed by atoms with E-state index in [1.54, 1.807) is 4.90 Å². The topological polar surface area (TPSA) is 126 Å². The molecule has 1 aromatic carbocycles. The van der Waals surface area contributed by atoms with E-state index in [1.807, 2.05) is 51.1 Å². The van der Waals surface area contributed by atoms with Crippen molar-refractivity contribution in [2.75, 3.05) is 25.0 Å². The van der Waals surface area contributed by atoms with Gasteiger partial charge >= 0.3 is 12.1 Å². The number of carbonyl (C=O) groups excluding carboxylic acids is 3. The minimum atomic E-state index is -0.565. The molecule has 0 bridgehead atoms. The molecule has 4 amide bonds. The van der Waals surface area contributed by atoms with Gasteiger partial charge in [-0.15, -0.1) is 0 Å². The van der Waals surface area contributed by atoms with Crippen molar-refractivity contribution in [1.29, 1.82) is 0 Å². The summed E-state index contributed by atoms with van der Waals surface area (Å²) in [6.07, 6.45) is 2.84. The van der Waals surface area contributed by atoms with Gasteiger partial charge in [0.2, 0.25) is 5.91 Å². The molecule has 1 aliphatic heterocycles. The Balaban J connectivity index is 1.60. The van der Waals surface area contributed by atoms with Crippen LogP contribution in [0.4, 0.5) is 15.3 Å². The van der Waals surface area contributed by atoms with E-state index in [9.17, 15) is 14.4 Å². The number of amides is 4. The number of nitrogens with one attached hydrogen (secondary N) is 3. The van der Waals surface area contributed by atoms with E-state index in [1.165, 1.54) is 0 Å². The van der Waals surface area contributed by atoms with Gasteiger partial charge in [0.15, 0.2) is 0 Å². The fourth-order valence-electron chi connectivity index (χ4n) is 3.45. The Morgan fingerprint density at radius 2 is 1.78 bits per heavy atom. The predicted octanol–water partition coefficient (Wildman–Crippen LogP) is 2.82. The Morgan fingerprint density at radius 1 is 1.12 bits per heavy atom. The number of nitrogens with two attached hydrogens (primary N) is 1. The van der Waals surface area contributed by atoms with E-state index >= 15 is 0 Å². The van der Waals surface area contributed by atoms with Gasteiger partial charge in [-0.25, -0.2) is 9.59 Å². The first kappa shape index (κ1) is 25.5. The third kappa shape index (κ3) is 9.55. The number of anilines is 1. The van der Waals surface area contributed by atoms with Crippen molar-refractivity contribution in [3.05, 3.63) is 30.3 Å². The van der Waals surface area contributed by atoms with E-state index in [0.717, 1.165) is 5.69 Å². The Kier molecular flexibility index (Phi) is 9.77. The Labute approximate surface area is 190 Å². The highest BCUT2D eigenvalue weighted by Crippen LogP contribution is 2.14. The van der Waals surface area contributed by atoms with Crippen LogP contribution < -0.4 is 21.7 Å². The molecule has 0 unspecified atom stereocenters. The highest BCUT2D eigenvalue weighted by Gasteiger charge is 2.27. The molecule has 1 atom stereocenters. The summed E-state index contributed by atoms with van der Waals surface area (Å²) >= 11 is 0. The van der Waals surface area contributed by atoms with Crippen molar-refractivity contribution in [3.8, 4) is 0 Å². The van der Waals surface area contributed by atoms with Gasteiger partial charge in [-0.3, -0.25) is 4.79 Å². The van der Waals surface area contributed by atoms with E-state index in [-0.39, 0.29) is 23.5 Å². The molecule has 0 saturated carbocycles. The fraction of sp³-hybridized carbons (Fsp3) is 0.609. The Bertz CT molecular complexity index is 743. The lowest BCUT2D eigenvalue weighted by Crippen LogP contribution is -2.51. The molecular formula is C23H37N5O4. The number of piperidine rings is 1. The first-order chi connectivity index (χ1) is 15.1. The van der Waals surface area contributed by atoms with Crippen molar-refractivity contribution in [2.24, 2.45) is 5.73 Å². The number of alkyl carbamates (subject to hydrolysis) is 1. The van der Waals surface area contributed by atoms with Gasteiger partial charge in [-0.1, -0.05) is 18.2 Å². The van der Waals surface area contributed by atoms with Gasteiger partial charge in [-0.2, -0.15) is 0 Å². The van der Waals surface area contributed by atoms with Crippen molar-refractivity contribution in [3.63, 3.8) is 0 Å². The highest BCUT2D eigenvalue weighted by molar-refractivity contribution is 5.89. The van der Waals surface area contributed by atoms with E-state index in [0.29, 0.717) is 51.8 Å². The molecule has 1 fully saturated rings. The van der Waals surface area contributed by atoms with E-state index < -0.39 is 12.1 Å². The van der Waals surface area contributed by atoms with Crippen molar-refractivity contribution in [1.82, 2.24) is 15.5 Å². The summed E-state index contributed by atoms with van der Waals surface area (Å²) in [6, 6.07) is 8.49. The third-order valence-electron chi connectivity index (χ3n) is 5.11. The van der Waals surface area contributed by atoms with Crippen LogP contribution in [0.1, 0.15) is 52.9 Å². The molecule has 0 radical (unpaired) electrons. The van der Waals surface area contributed by atoms with Crippen LogP contribution in [-0.4, -0.2) is 60.3 Å². The molecule has 0 spiro atoms. The number of rotatable bonds is 8. The third-order valence-corrected chi connectivity index (χ3v) is 5.11. The number of likely N-dealkylation sites (tertiary alicyclic amines) is 1. The highest BCUT2D eigenvalue weighted by atomic mass is 16.5.